The molecular formula is C16H12F2N2O2. The summed E-state index contributed by atoms with van der Waals surface area (Å²) in [6.07, 6.45) is -0.0207. The second-order valence-corrected chi connectivity index (χ2v) is 4.78. The van der Waals surface area contributed by atoms with Gasteiger partial charge >= 0.3 is 0 Å². The molecule has 3 aromatic rings. The Kier molecular flexibility index (Phi) is 3.82. The summed E-state index contributed by atoms with van der Waals surface area (Å²) in [7, 11) is 0. The molecule has 3 rings (SSSR count). The number of nitrogens with one attached hydrogen (secondary N) is 1. The fourth-order valence-corrected chi connectivity index (χ4v) is 2.17. The van der Waals surface area contributed by atoms with Crippen LogP contribution in [0.3, 0.4) is 0 Å². The predicted molar refractivity (Wildman–Crippen MR) is 75.9 cm³/mol. The van der Waals surface area contributed by atoms with E-state index in [0.29, 0.717) is 11.3 Å². The van der Waals surface area contributed by atoms with Gasteiger partial charge in [-0.15, -0.1) is 0 Å². The maximum atomic E-state index is 13.5. The molecule has 0 aliphatic rings. The lowest BCUT2D eigenvalue weighted by atomic mass is 10.1. The van der Waals surface area contributed by atoms with Crippen molar-refractivity contribution >= 4 is 16.9 Å². The van der Waals surface area contributed by atoms with Gasteiger partial charge in [-0.05, 0) is 24.3 Å². The van der Waals surface area contributed by atoms with Crippen molar-refractivity contribution in [3.05, 3.63) is 65.4 Å². The molecule has 1 heterocycles. The van der Waals surface area contributed by atoms with Gasteiger partial charge in [0.1, 0.15) is 17.3 Å². The number of benzene rings is 2. The van der Waals surface area contributed by atoms with Gasteiger partial charge < -0.3 is 9.84 Å². The second-order valence-electron chi connectivity index (χ2n) is 4.78. The summed E-state index contributed by atoms with van der Waals surface area (Å²) in [5.41, 5.74) is 0.911. The Morgan fingerprint density at radius 2 is 1.82 bits per heavy atom. The average Bonchev–Trinajstić information content (AvgIpc) is 2.90. The number of halogens is 2. The van der Waals surface area contributed by atoms with E-state index in [2.05, 4.69) is 10.5 Å². The number of aromatic nitrogens is 1. The molecular weight excluding hydrogens is 290 g/mol. The fraction of sp³-hybridized carbons (Fsp3) is 0.125. The van der Waals surface area contributed by atoms with Gasteiger partial charge in [-0.3, -0.25) is 4.79 Å². The molecule has 0 saturated heterocycles. The van der Waals surface area contributed by atoms with Crippen LogP contribution in [0.15, 0.2) is 47.0 Å². The lowest BCUT2D eigenvalue weighted by molar-refractivity contribution is -0.120. The van der Waals surface area contributed by atoms with Gasteiger partial charge in [0.2, 0.25) is 5.91 Å². The Morgan fingerprint density at radius 3 is 2.59 bits per heavy atom. The van der Waals surface area contributed by atoms with Crippen molar-refractivity contribution < 1.29 is 18.1 Å². The molecule has 1 amide bonds. The lowest BCUT2D eigenvalue weighted by Crippen LogP contribution is -2.25. The highest BCUT2D eigenvalue weighted by molar-refractivity contribution is 5.86. The quantitative estimate of drug-likeness (QED) is 0.806. The topological polar surface area (TPSA) is 55.1 Å². The van der Waals surface area contributed by atoms with Crippen molar-refractivity contribution in [2.24, 2.45) is 0 Å². The van der Waals surface area contributed by atoms with Crippen LogP contribution in [0.2, 0.25) is 0 Å². The van der Waals surface area contributed by atoms with E-state index in [1.807, 2.05) is 6.07 Å². The molecule has 0 atom stereocenters. The zero-order valence-corrected chi connectivity index (χ0v) is 11.5. The predicted octanol–water partition coefficient (Wildman–Crippen LogP) is 2.96. The van der Waals surface area contributed by atoms with Gasteiger partial charge in [-0.2, -0.15) is 0 Å². The number of hydrogen-bond acceptors (Lipinski definition) is 3. The minimum absolute atomic E-state index is 0.0207. The summed E-state index contributed by atoms with van der Waals surface area (Å²) in [5, 5.41) is 7.07. The van der Waals surface area contributed by atoms with Crippen LogP contribution in [-0.4, -0.2) is 11.1 Å². The first-order valence-electron chi connectivity index (χ1n) is 6.68. The summed E-state index contributed by atoms with van der Waals surface area (Å²) in [6.45, 7) is -0.215. The third-order valence-corrected chi connectivity index (χ3v) is 3.30. The molecule has 22 heavy (non-hydrogen) atoms. The summed E-state index contributed by atoms with van der Waals surface area (Å²) in [5.74, 6) is -1.76. The van der Waals surface area contributed by atoms with Gasteiger partial charge in [0.15, 0.2) is 5.58 Å². The maximum absolute atomic E-state index is 13.5. The van der Waals surface area contributed by atoms with Gasteiger partial charge in [-0.1, -0.05) is 23.4 Å². The third kappa shape index (κ3) is 2.81. The highest BCUT2D eigenvalue weighted by atomic mass is 19.1. The normalized spacial score (nSPS) is 10.8. The van der Waals surface area contributed by atoms with Crippen molar-refractivity contribution in [3.63, 3.8) is 0 Å². The number of carbonyl (C=O) groups is 1. The molecule has 4 nitrogen and oxygen atoms in total. The van der Waals surface area contributed by atoms with E-state index in [4.69, 9.17) is 4.52 Å². The molecule has 0 radical (unpaired) electrons. The second kappa shape index (κ2) is 5.93. The molecule has 0 fully saturated rings. The number of rotatable bonds is 4. The first kappa shape index (κ1) is 14.2. The zero-order valence-electron chi connectivity index (χ0n) is 11.5. The molecule has 1 aromatic heterocycles. The van der Waals surface area contributed by atoms with Crippen LogP contribution >= 0.6 is 0 Å². The van der Waals surface area contributed by atoms with Crippen LogP contribution in [0.4, 0.5) is 8.78 Å². The molecule has 2 aromatic carbocycles. The van der Waals surface area contributed by atoms with Crippen LogP contribution in [0.25, 0.3) is 11.0 Å². The number of hydrogen-bond donors (Lipinski definition) is 1. The molecule has 112 valence electrons. The average molecular weight is 302 g/mol. The standard InChI is InChI=1S/C16H12F2N2O2/c17-12-5-3-6-13(18)11(12)9-19-16(21)8-14-10-4-1-2-7-15(10)22-20-14/h1-7H,8-9H2,(H,19,21). The van der Waals surface area contributed by atoms with E-state index in [1.54, 1.807) is 18.2 Å². The van der Waals surface area contributed by atoms with E-state index in [0.717, 1.165) is 17.5 Å². The minimum atomic E-state index is -0.688. The van der Waals surface area contributed by atoms with E-state index < -0.39 is 11.6 Å². The Balaban J connectivity index is 1.68. The van der Waals surface area contributed by atoms with E-state index in [9.17, 15) is 13.6 Å². The summed E-state index contributed by atoms with van der Waals surface area (Å²) < 4.78 is 32.0. The first-order chi connectivity index (χ1) is 10.6. The van der Waals surface area contributed by atoms with E-state index >= 15 is 0 Å². The first-order valence-corrected chi connectivity index (χ1v) is 6.68. The molecule has 0 spiro atoms. The van der Waals surface area contributed by atoms with Crippen LogP contribution < -0.4 is 5.32 Å². The Bertz CT molecular complexity index is 810. The van der Waals surface area contributed by atoms with E-state index in [1.165, 1.54) is 6.07 Å². The maximum Gasteiger partial charge on any atom is 0.226 e. The third-order valence-electron chi connectivity index (χ3n) is 3.30. The largest absolute Gasteiger partial charge is 0.356 e. The van der Waals surface area contributed by atoms with Crippen LogP contribution in [0.5, 0.6) is 0 Å². The molecule has 1 N–H and O–H groups in total. The smallest absolute Gasteiger partial charge is 0.226 e. The highest BCUT2D eigenvalue weighted by Gasteiger charge is 2.13. The number of amides is 1. The molecule has 0 aliphatic heterocycles. The lowest BCUT2D eigenvalue weighted by Gasteiger charge is -2.06. The van der Waals surface area contributed by atoms with Gasteiger partial charge in [-0.25, -0.2) is 8.78 Å². The van der Waals surface area contributed by atoms with Crippen molar-refractivity contribution in [2.75, 3.05) is 0 Å². The van der Waals surface area contributed by atoms with Gasteiger partial charge in [0.25, 0.3) is 0 Å². The highest BCUT2D eigenvalue weighted by Crippen LogP contribution is 2.18. The summed E-state index contributed by atoms with van der Waals surface area (Å²) in [6, 6.07) is 10.7. The Morgan fingerprint density at radius 1 is 1.09 bits per heavy atom. The zero-order chi connectivity index (χ0) is 15.5. The summed E-state index contributed by atoms with van der Waals surface area (Å²) in [4.78, 5) is 11.9. The van der Waals surface area contributed by atoms with Crippen molar-refractivity contribution in [3.8, 4) is 0 Å². The molecule has 0 unspecified atom stereocenters. The molecule has 0 saturated carbocycles. The summed E-state index contributed by atoms with van der Waals surface area (Å²) >= 11 is 0. The van der Waals surface area contributed by atoms with Gasteiger partial charge in [0, 0.05) is 17.5 Å². The van der Waals surface area contributed by atoms with E-state index in [-0.39, 0.29) is 24.4 Å². The van der Waals surface area contributed by atoms with Gasteiger partial charge in [0.05, 0.1) is 6.42 Å². The van der Waals surface area contributed by atoms with Crippen LogP contribution in [0.1, 0.15) is 11.3 Å². The molecule has 6 heteroatoms. The number of carbonyl (C=O) groups excluding carboxylic acids is 1. The van der Waals surface area contributed by atoms with Crippen molar-refractivity contribution in [2.45, 2.75) is 13.0 Å². The monoisotopic (exact) mass is 302 g/mol. The fourth-order valence-electron chi connectivity index (χ4n) is 2.17. The Labute approximate surface area is 124 Å². The number of para-hydroxylation sites is 1. The Hall–Kier alpha value is -2.76. The molecule has 0 bridgehead atoms. The number of nitrogens with zero attached hydrogens (tertiary/aromatic N) is 1. The SMILES string of the molecule is O=C(Cc1noc2ccccc12)NCc1c(F)cccc1F. The minimum Gasteiger partial charge on any atom is -0.356 e. The number of fused-ring (bicyclic) bond motifs is 1. The van der Waals surface area contributed by atoms with Crippen LogP contribution in [0, 0.1) is 11.6 Å². The molecule has 0 aliphatic carbocycles. The van der Waals surface area contributed by atoms with Crippen LogP contribution in [-0.2, 0) is 17.8 Å². The van der Waals surface area contributed by atoms with Crippen molar-refractivity contribution in [1.29, 1.82) is 0 Å². The van der Waals surface area contributed by atoms with Crippen molar-refractivity contribution in [1.82, 2.24) is 10.5 Å².